The van der Waals surface area contributed by atoms with Crippen molar-refractivity contribution in [2.45, 2.75) is 49.4 Å². The largest absolute Gasteiger partial charge is 0.253 e. The van der Waals surface area contributed by atoms with Crippen LogP contribution in [0.4, 0.5) is 0 Å². The van der Waals surface area contributed by atoms with Gasteiger partial charge in [0.25, 0.3) is 10.0 Å². The van der Waals surface area contributed by atoms with Gasteiger partial charge in [0.1, 0.15) is 4.21 Å². The molecule has 1 saturated carbocycles. The molecule has 0 saturated heterocycles. The fraction of sp³-hybridized carbons (Fsp3) is 0.412. The molecule has 0 atom stereocenters. The Balaban J connectivity index is 1.84. The smallest absolute Gasteiger partial charge is 0.206 e. The molecule has 1 aromatic heterocycles. The van der Waals surface area contributed by atoms with E-state index in [1.165, 1.54) is 16.9 Å². The SMILES string of the molecule is CC(C)c1ccc(CN(C2CC2)S(=O)(=O)c2cccs2)cc1. The summed E-state index contributed by atoms with van der Waals surface area (Å²) < 4.78 is 27.7. The van der Waals surface area contributed by atoms with Crippen LogP contribution in [0.2, 0.25) is 0 Å². The number of hydrogen-bond donors (Lipinski definition) is 0. The molecule has 0 aliphatic heterocycles. The average molecular weight is 335 g/mol. The van der Waals surface area contributed by atoms with E-state index in [4.69, 9.17) is 0 Å². The van der Waals surface area contributed by atoms with Crippen molar-refractivity contribution < 1.29 is 8.42 Å². The summed E-state index contributed by atoms with van der Waals surface area (Å²) in [5.41, 5.74) is 2.33. The van der Waals surface area contributed by atoms with Crippen molar-refractivity contribution >= 4 is 21.4 Å². The molecule has 118 valence electrons. The molecule has 1 aliphatic carbocycles. The van der Waals surface area contributed by atoms with E-state index < -0.39 is 10.0 Å². The number of rotatable bonds is 6. The number of hydrogen-bond acceptors (Lipinski definition) is 3. The summed E-state index contributed by atoms with van der Waals surface area (Å²) in [6.45, 7) is 4.78. The minimum atomic E-state index is -3.37. The van der Waals surface area contributed by atoms with Crippen LogP contribution < -0.4 is 0 Å². The first-order chi connectivity index (χ1) is 10.5. The fourth-order valence-corrected chi connectivity index (χ4v) is 5.28. The maximum atomic E-state index is 12.8. The molecule has 22 heavy (non-hydrogen) atoms. The second kappa shape index (κ2) is 6.14. The lowest BCUT2D eigenvalue weighted by molar-refractivity contribution is 0.400. The molecular formula is C17H21NO2S2. The third-order valence-corrected chi connectivity index (χ3v) is 7.27. The van der Waals surface area contributed by atoms with E-state index >= 15 is 0 Å². The second-order valence-electron chi connectivity index (χ2n) is 6.11. The van der Waals surface area contributed by atoms with Crippen LogP contribution >= 0.6 is 11.3 Å². The number of benzene rings is 1. The lowest BCUT2D eigenvalue weighted by atomic mass is 10.0. The van der Waals surface area contributed by atoms with Crippen LogP contribution in [0.3, 0.4) is 0 Å². The summed E-state index contributed by atoms with van der Waals surface area (Å²) in [5.74, 6) is 0.489. The Morgan fingerprint density at radius 2 is 1.86 bits per heavy atom. The summed E-state index contributed by atoms with van der Waals surface area (Å²) in [5, 5.41) is 1.81. The zero-order valence-electron chi connectivity index (χ0n) is 12.9. The van der Waals surface area contributed by atoms with Crippen LogP contribution in [0.15, 0.2) is 46.0 Å². The van der Waals surface area contributed by atoms with Crippen molar-refractivity contribution in [2.75, 3.05) is 0 Å². The third kappa shape index (κ3) is 3.26. The Bertz CT molecular complexity index is 715. The molecule has 0 amide bonds. The van der Waals surface area contributed by atoms with Crippen LogP contribution in [-0.4, -0.2) is 18.8 Å². The van der Waals surface area contributed by atoms with Crippen molar-refractivity contribution in [3.63, 3.8) is 0 Å². The summed E-state index contributed by atoms with van der Waals surface area (Å²) in [6.07, 6.45) is 1.93. The highest BCUT2D eigenvalue weighted by Gasteiger charge is 2.38. The van der Waals surface area contributed by atoms with E-state index in [1.54, 1.807) is 16.4 Å². The lowest BCUT2D eigenvalue weighted by Crippen LogP contribution is -2.32. The predicted molar refractivity (Wildman–Crippen MR) is 90.6 cm³/mol. The van der Waals surface area contributed by atoms with Gasteiger partial charge in [0, 0.05) is 12.6 Å². The first kappa shape index (κ1) is 15.7. The standard InChI is InChI=1S/C17H21NO2S2/c1-13(2)15-7-5-14(6-8-15)12-18(16-9-10-16)22(19,20)17-4-3-11-21-17/h3-8,11,13,16H,9-10,12H2,1-2H3. The van der Waals surface area contributed by atoms with Crippen LogP contribution in [0, 0.1) is 0 Å². The molecular weight excluding hydrogens is 314 g/mol. The highest BCUT2D eigenvalue weighted by atomic mass is 32.2. The maximum absolute atomic E-state index is 12.8. The van der Waals surface area contributed by atoms with E-state index in [0.29, 0.717) is 16.7 Å². The first-order valence-electron chi connectivity index (χ1n) is 7.62. The van der Waals surface area contributed by atoms with Gasteiger partial charge in [-0.25, -0.2) is 8.42 Å². The number of nitrogens with zero attached hydrogens (tertiary/aromatic N) is 1. The minimum Gasteiger partial charge on any atom is -0.206 e. The van der Waals surface area contributed by atoms with Crippen LogP contribution in [-0.2, 0) is 16.6 Å². The quantitative estimate of drug-likeness (QED) is 0.792. The number of sulfonamides is 1. The molecule has 3 nitrogen and oxygen atoms in total. The van der Waals surface area contributed by atoms with Gasteiger partial charge >= 0.3 is 0 Å². The van der Waals surface area contributed by atoms with Crippen LogP contribution in [0.25, 0.3) is 0 Å². The maximum Gasteiger partial charge on any atom is 0.253 e. The van der Waals surface area contributed by atoms with Crippen molar-refractivity contribution in [2.24, 2.45) is 0 Å². The Kier molecular flexibility index (Phi) is 4.39. The molecule has 1 heterocycles. The normalized spacial score (nSPS) is 15.6. The van der Waals surface area contributed by atoms with Gasteiger partial charge in [-0.1, -0.05) is 44.2 Å². The number of thiophene rings is 1. The Morgan fingerprint density at radius 1 is 1.18 bits per heavy atom. The minimum absolute atomic E-state index is 0.164. The van der Waals surface area contributed by atoms with Gasteiger partial charge in [-0.05, 0) is 41.3 Å². The van der Waals surface area contributed by atoms with Crippen molar-refractivity contribution in [3.05, 3.63) is 52.9 Å². The summed E-state index contributed by atoms with van der Waals surface area (Å²) in [7, 11) is -3.37. The van der Waals surface area contributed by atoms with Gasteiger partial charge in [0.2, 0.25) is 0 Å². The van der Waals surface area contributed by atoms with Gasteiger partial charge in [0.15, 0.2) is 0 Å². The van der Waals surface area contributed by atoms with Crippen molar-refractivity contribution in [3.8, 4) is 0 Å². The fourth-order valence-electron chi connectivity index (χ4n) is 2.49. The topological polar surface area (TPSA) is 37.4 Å². The predicted octanol–water partition coefficient (Wildman–Crippen LogP) is 4.22. The van der Waals surface area contributed by atoms with Crippen LogP contribution in [0.5, 0.6) is 0 Å². The van der Waals surface area contributed by atoms with Crippen LogP contribution in [0.1, 0.15) is 43.7 Å². The van der Waals surface area contributed by atoms with Gasteiger partial charge in [-0.3, -0.25) is 0 Å². The van der Waals surface area contributed by atoms with E-state index in [1.807, 2.05) is 5.38 Å². The summed E-state index contributed by atoms with van der Waals surface area (Å²) in [6, 6.07) is 11.9. The highest BCUT2D eigenvalue weighted by molar-refractivity contribution is 7.91. The zero-order chi connectivity index (χ0) is 15.7. The van der Waals surface area contributed by atoms with E-state index in [9.17, 15) is 8.42 Å². The first-order valence-corrected chi connectivity index (χ1v) is 9.94. The molecule has 2 aromatic rings. The Morgan fingerprint density at radius 3 is 2.36 bits per heavy atom. The van der Waals surface area contributed by atoms with Crippen molar-refractivity contribution in [1.29, 1.82) is 0 Å². The molecule has 0 N–H and O–H groups in total. The van der Waals surface area contributed by atoms with Gasteiger partial charge in [-0.15, -0.1) is 11.3 Å². The van der Waals surface area contributed by atoms with Gasteiger partial charge < -0.3 is 0 Å². The molecule has 1 aliphatic rings. The van der Waals surface area contributed by atoms with Crippen molar-refractivity contribution in [1.82, 2.24) is 4.31 Å². The van der Waals surface area contributed by atoms with Gasteiger partial charge in [0.05, 0.1) is 0 Å². The summed E-state index contributed by atoms with van der Waals surface area (Å²) >= 11 is 1.29. The van der Waals surface area contributed by atoms with E-state index in [2.05, 4.69) is 38.1 Å². The zero-order valence-corrected chi connectivity index (χ0v) is 14.5. The summed E-state index contributed by atoms with van der Waals surface area (Å²) in [4.78, 5) is 0. The highest BCUT2D eigenvalue weighted by Crippen LogP contribution is 2.34. The Hall–Kier alpha value is -1.17. The van der Waals surface area contributed by atoms with E-state index in [-0.39, 0.29) is 6.04 Å². The average Bonchev–Trinajstić information content (AvgIpc) is 3.16. The molecule has 0 bridgehead atoms. The second-order valence-corrected chi connectivity index (χ2v) is 9.17. The molecule has 0 radical (unpaired) electrons. The lowest BCUT2D eigenvalue weighted by Gasteiger charge is -2.21. The Labute approximate surface area is 136 Å². The molecule has 3 rings (SSSR count). The molecule has 0 unspecified atom stereocenters. The van der Waals surface area contributed by atoms with Gasteiger partial charge in [-0.2, -0.15) is 4.31 Å². The van der Waals surface area contributed by atoms with E-state index in [0.717, 1.165) is 18.4 Å². The third-order valence-electron chi connectivity index (χ3n) is 4.00. The molecule has 5 heteroatoms. The monoisotopic (exact) mass is 335 g/mol. The molecule has 1 fully saturated rings. The molecule has 0 spiro atoms. The molecule has 1 aromatic carbocycles.